The van der Waals surface area contributed by atoms with E-state index < -0.39 is 12.0 Å². The maximum Gasteiger partial charge on any atom is 0.326 e. The van der Waals surface area contributed by atoms with Crippen LogP contribution in [0.1, 0.15) is 32.6 Å². The first-order valence-electron chi connectivity index (χ1n) is 9.94. The van der Waals surface area contributed by atoms with Crippen LogP contribution in [0.2, 0.25) is 0 Å². The molecule has 2 amide bonds. The molecule has 1 aromatic rings. The van der Waals surface area contributed by atoms with Gasteiger partial charge in [-0.2, -0.15) is 0 Å². The summed E-state index contributed by atoms with van der Waals surface area (Å²) in [7, 11) is 0. The van der Waals surface area contributed by atoms with E-state index in [2.05, 4.69) is 0 Å². The Balaban J connectivity index is 1.58. The molecule has 1 N–H and O–H groups in total. The summed E-state index contributed by atoms with van der Waals surface area (Å²) in [5.74, 6) is -0.647. The van der Waals surface area contributed by atoms with Gasteiger partial charge in [-0.1, -0.05) is 25.1 Å². The summed E-state index contributed by atoms with van der Waals surface area (Å²) in [6, 6.07) is 8.38. The number of ether oxygens (including phenoxy) is 1. The molecular weight excluding hydrogens is 360 g/mol. The smallest absolute Gasteiger partial charge is 0.326 e. The number of benzene rings is 1. The largest absolute Gasteiger partial charge is 0.484 e. The number of likely N-dealkylation sites (tertiary alicyclic amines) is 2. The van der Waals surface area contributed by atoms with Crippen molar-refractivity contribution in [3.63, 3.8) is 0 Å². The Morgan fingerprint density at radius 2 is 1.89 bits per heavy atom. The van der Waals surface area contributed by atoms with Gasteiger partial charge >= 0.3 is 5.97 Å². The van der Waals surface area contributed by atoms with Gasteiger partial charge in [0.25, 0.3) is 5.91 Å². The average molecular weight is 388 g/mol. The van der Waals surface area contributed by atoms with E-state index in [-0.39, 0.29) is 24.3 Å². The van der Waals surface area contributed by atoms with Crippen LogP contribution in [0.15, 0.2) is 30.3 Å². The van der Waals surface area contributed by atoms with E-state index in [9.17, 15) is 19.5 Å². The molecule has 7 heteroatoms. The molecule has 0 aliphatic carbocycles. The summed E-state index contributed by atoms with van der Waals surface area (Å²) in [6.07, 6.45) is 2.72. The van der Waals surface area contributed by atoms with E-state index in [1.54, 1.807) is 17.0 Å². The highest BCUT2D eigenvalue weighted by atomic mass is 16.5. The number of aliphatic carboxylic acids is 1. The third kappa shape index (κ3) is 4.82. The fourth-order valence-corrected chi connectivity index (χ4v) is 4.03. The number of rotatable bonds is 5. The third-order valence-electron chi connectivity index (χ3n) is 5.66. The van der Waals surface area contributed by atoms with E-state index in [0.29, 0.717) is 44.1 Å². The van der Waals surface area contributed by atoms with Crippen molar-refractivity contribution in [1.29, 1.82) is 0 Å². The molecule has 2 aliphatic heterocycles. The highest BCUT2D eigenvalue weighted by Gasteiger charge is 2.39. The Kier molecular flexibility index (Phi) is 6.54. The van der Waals surface area contributed by atoms with Crippen molar-refractivity contribution in [3.05, 3.63) is 30.3 Å². The molecule has 152 valence electrons. The maximum atomic E-state index is 13.0. The number of hydrogen-bond acceptors (Lipinski definition) is 4. The molecular formula is C21H28N2O5. The molecule has 0 saturated carbocycles. The highest BCUT2D eigenvalue weighted by Crippen LogP contribution is 2.27. The van der Waals surface area contributed by atoms with Gasteiger partial charge in [0, 0.05) is 19.6 Å². The number of para-hydroxylation sites is 1. The number of hydrogen-bond donors (Lipinski definition) is 1. The fourth-order valence-electron chi connectivity index (χ4n) is 4.03. The van der Waals surface area contributed by atoms with Gasteiger partial charge in [0.1, 0.15) is 11.8 Å². The monoisotopic (exact) mass is 388 g/mol. The van der Waals surface area contributed by atoms with Crippen molar-refractivity contribution in [2.24, 2.45) is 11.8 Å². The van der Waals surface area contributed by atoms with Crippen LogP contribution in [-0.4, -0.2) is 65.0 Å². The number of carboxylic acid groups (broad SMARTS) is 1. The molecule has 2 fully saturated rings. The van der Waals surface area contributed by atoms with E-state index in [0.717, 1.165) is 12.8 Å². The molecule has 0 bridgehead atoms. The van der Waals surface area contributed by atoms with Crippen LogP contribution in [0.25, 0.3) is 0 Å². The van der Waals surface area contributed by atoms with Crippen LogP contribution < -0.4 is 4.74 Å². The lowest BCUT2D eigenvalue weighted by atomic mass is 9.89. The summed E-state index contributed by atoms with van der Waals surface area (Å²) in [4.78, 5) is 40.3. The van der Waals surface area contributed by atoms with Gasteiger partial charge < -0.3 is 19.6 Å². The number of piperidine rings is 2. The molecule has 2 heterocycles. The van der Waals surface area contributed by atoms with Crippen LogP contribution >= 0.6 is 0 Å². The summed E-state index contributed by atoms with van der Waals surface area (Å²) in [5.41, 5.74) is 0. The Labute approximate surface area is 165 Å². The molecule has 2 aliphatic rings. The molecule has 1 aromatic carbocycles. The van der Waals surface area contributed by atoms with Crippen molar-refractivity contribution in [2.75, 3.05) is 26.2 Å². The zero-order valence-corrected chi connectivity index (χ0v) is 16.3. The van der Waals surface area contributed by atoms with Gasteiger partial charge in [-0.25, -0.2) is 4.79 Å². The molecule has 0 aromatic heterocycles. The van der Waals surface area contributed by atoms with E-state index >= 15 is 0 Å². The lowest BCUT2D eigenvalue weighted by molar-refractivity contribution is -0.156. The average Bonchev–Trinajstić information content (AvgIpc) is 2.72. The number of nitrogens with zero attached hydrogens (tertiary/aromatic N) is 2. The van der Waals surface area contributed by atoms with Crippen LogP contribution in [-0.2, 0) is 14.4 Å². The van der Waals surface area contributed by atoms with Gasteiger partial charge in [0.05, 0.1) is 5.92 Å². The van der Waals surface area contributed by atoms with E-state index in [1.165, 1.54) is 4.90 Å². The Morgan fingerprint density at radius 3 is 2.61 bits per heavy atom. The molecule has 0 radical (unpaired) electrons. The highest BCUT2D eigenvalue weighted by molar-refractivity contribution is 5.86. The second-order valence-corrected chi connectivity index (χ2v) is 7.80. The molecule has 28 heavy (non-hydrogen) atoms. The normalized spacial score (nSPS) is 25.2. The maximum absolute atomic E-state index is 13.0. The molecule has 3 rings (SSSR count). The number of carbonyl (C=O) groups is 3. The fraction of sp³-hybridized carbons (Fsp3) is 0.571. The van der Waals surface area contributed by atoms with Crippen molar-refractivity contribution in [1.82, 2.24) is 9.80 Å². The summed E-state index contributed by atoms with van der Waals surface area (Å²) >= 11 is 0. The van der Waals surface area contributed by atoms with E-state index in [1.807, 2.05) is 25.1 Å². The summed E-state index contributed by atoms with van der Waals surface area (Å²) in [6.45, 7) is 3.35. The standard InChI is InChI=1S/C21H28N2O5/c1-15-9-11-23(18(12-15)21(26)27)20(25)16-6-5-10-22(13-16)19(24)14-28-17-7-3-2-4-8-17/h2-4,7-8,15-16,18H,5-6,9-14H2,1H3,(H,26,27). The molecule has 0 spiro atoms. The Morgan fingerprint density at radius 1 is 1.14 bits per heavy atom. The Hall–Kier alpha value is -2.57. The second kappa shape index (κ2) is 9.08. The van der Waals surface area contributed by atoms with Crippen molar-refractivity contribution < 1.29 is 24.2 Å². The van der Waals surface area contributed by atoms with Gasteiger partial charge in [-0.15, -0.1) is 0 Å². The first-order chi connectivity index (χ1) is 13.5. The minimum atomic E-state index is -0.945. The molecule has 2 saturated heterocycles. The molecule has 3 unspecified atom stereocenters. The quantitative estimate of drug-likeness (QED) is 0.834. The van der Waals surface area contributed by atoms with Gasteiger partial charge in [-0.05, 0) is 43.7 Å². The van der Waals surface area contributed by atoms with Crippen molar-refractivity contribution in [3.8, 4) is 5.75 Å². The van der Waals surface area contributed by atoms with Gasteiger partial charge in [-0.3, -0.25) is 9.59 Å². The summed E-state index contributed by atoms with van der Waals surface area (Å²) < 4.78 is 5.53. The number of carboxylic acids is 1. The first kappa shape index (κ1) is 20.2. The predicted molar refractivity (Wildman–Crippen MR) is 103 cm³/mol. The zero-order chi connectivity index (χ0) is 20.1. The zero-order valence-electron chi connectivity index (χ0n) is 16.3. The number of amides is 2. The Bertz CT molecular complexity index is 708. The van der Waals surface area contributed by atoms with Crippen molar-refractivity contribution >= 4 is 17.8 Å². The lowest BCUT2D eigenvalue weighted by Gasteiger charge is -2.40. The van der Waals surface area contributed by atoms with E-state index in [4.69, 9.17) is 4.74 Å². The van der Waals surface area contributed by atoms with Crippen LogP contribution in [0.4, 0.5) is 0 Å². The SMILES string of the molecule is CC1CCN(C(=O)C2CCCN(C(=O)COc3ccccc3)C2)C(C(=O)O)C1. The van der Waals surface area contributed by atoms with Gasteiger partial charge in [0.15, 0.2) is 6.61 Å². The van der Waals surface area contributed by atoms with Crippen molar-refractivity contribution in [2.45, 2.75) is 38.6 Å². The minimum Gasteiger partial charge on any atom is -0.484 e. The lowest BCUT2D eigenvalue weighted by Crippen LogP contribution is -2.54. The third-order valence-corrected chi connectivity index (χ3v) is 5.66. The second-order valence-electron chi connectivity index (χ2n) is 7.80. The topological polar surface area (TPSA) is 87.2 Å². The van der Waals surface area contributed by atoms with Crippen LogP contribution in [0.3, 0.4) is 0 Å². The first-order valence-corrected chi connectivity index (χ1v) is 9.94. The molecule has 3 atom stereocenters. The van der Waals surface area contributed by atoms with Crippen LogP contribution in [0.5, 0.6) is 5.75 Å². The van der Waals surface area contributed by atoms with Gasteiger partial charge in [0.2, 0.25) is 5.91 Å². The van der Waals surface area contributed by atoms with Crippen LogP contribution in [0, 0.1) is 11.8 Å². The number of carbonyl (C=O) groups excluding carboxylic acids is 2. The molecule has 7 nitrogen and oxygen atoms in total. The minimum absolute atomic E-state index is 0.0656. The predicted octanol–water partition coefficient (Wildman–Crippen LogP) is 2.02. The summed E-state index contributed by atoms with van der Waals surface area (Å²) in [5, 5.41) is 9.52.